The van der Waals surface area contributed by atoms with Gasteiger partial charge in [-0.15, -0.1) is 6.42 Å². The van der Waals surface area contributed by atoms with Gasteiger partial charge in [-0.25, -0.2) is 0 Å². The molecule has 128 valence electrons. The summed E-state index contributed by atoms with van der Waals surface area (Å²) in [6.45, 7) is 4.84. The van der Waals surface area contributed by atoms with Crippen molar-refractivity contribution in [1.82, 2.24) is 4.90 Å². The highest BCUT2D eigenvalue weighted by Gasteiger charge is 2.39. The molecule has 1 aliphatic heterocycles. The fourth-order valence-corrected chi connectivity index (χ4v) is 3.83. The fourth-order valence-electron chi connectivity index (χ4n) is 2.33. The lowest BCUT2D eigenvalue weighted by Crippen LogP contribution is -2.32. The van der Waals surface area contributed by atoms with Gasteiger partial charge in [0.1, 0.15) is 0 Å². The molecule has 2 amide bonds. The van der Waals surface area contributed by atoms with E-state index in [9.17, 15) is 9.59 Å². The number of carbonyl (C=O) groups is 2. The largest absolute Gasteiger partial charge is 0.490 e. The van der Waals surface area contributed by atoms with Crippen LogP contribution < -0.4 is 9.47 Å². The van der Waals surface area contributed by atoms with Crippen LogP contribution in [0.4, 0.5) is 4.79 Å². The van der Waals surface area contributed by atoms with E-state index in [2.05, 4.69) is 21.9 Å². The Morgan fingerprint density at radius 1 is 1.25 bits per heavy atom. The van der Waals surface area contributed by atoms with Crippen LogP contribution in [0.1, 0.15) is 19.4 Å². The highest BCUT2D eigenvalue weighted by Crippen LogP contribution is 2.37. The van der Waals surface area contributed by atoms with Crippen LogP contribution in [0.25, 0.3) is 0 Å². The maximum Gasteiger partial charge on any atom is 0.289 e. The van der Waals surface area contributed by atoms with Gasteiger partial charge in [0, 0.05) is 4.47 Å². The predicted octanol–water partition coefficient (Wildman–Crippen LogP) is 3.49. The number of imide groups is 1. The second-order valence-corrected chi connectivity index (χ2v) is 6.97. The summed E-state index contributed by atoms with van der Waals surface area (Å²) >= 11 is 4.51. The van der Waals surface area contributed by atoms with Crippen molar-refractivity contribution in [2.45, 2.75) is 25.5 Å². The molecule has 1 aromatic rings. The van der Waals surface area contributed by atoms with E-state index in [1.807, 2.05) is 26.0 Å². The molecule has 1 saturated heterocycles. The van der Waals surface area contributed by atoms with Crippen molar-refractivity contribution in [3.05, 3.63) is 22.2 Å². The third-order valence-electron chi connectivity index (χ3n) is 3.37. The summed E-state index contributed by atoms with van der Waals surface area (Å²) < 4.78 is 12.0. The molecular weight excluding hydrogens is 394 g/mol. The molecule has 1 aromatic carbocycles. The molecule has 0 unspecified atom stereocenters. The van der Waals surface area contributed by atoms with Gasteiger partial charge in [-0.3, -0.25) is 14.5 Å². The maximum absolute atomic E-state index is 12.3. The Labute approximate surface area is 154 Å². The van der Waals surface area contributed by atoms with E-state index in [1.54, 1.807) is 0 Å². The molecule has 0 aliphatic carbocycles. The van der Waals surface area contributed by atoms with Gasteiger partial charge in [0.2, 0.25) is 5.91 Å². The fraction of sp³-hybridized carbons (Fsp3) is 0.412. The molecule has 0 saturated carbocycles. The standard InChI is InChI=1S/C17H18BrNO4S/c1-4-7-19-16(20)15(24-17(19)21)9-11-8-13(22-5-2)14(23-6-3)10-12(11)18/h1,8,10,15H,5-7,9H2,2-3H3/t15-/m1/s1. The van der Waals surface area contributed by atoms with E-state index in [0.717, 1.165) is 26.7 Å². The molecule has 5 nitrogen and oxygen atoms in total. The molecule has 2 rings (SSSR count). The number of hydrogen-bond donors (Lipinski definition) is 0. The number of hydrogen-bond acceptors (Lipinski definition) is 5. The van der Waals surface area contributed by atoms with Crippen molar-refractivity contribution in [2.75, 3.05) is 19.8 Å². The van der Waals surface area contributed by atoms with Crippen molar-refractivity contribution in [2.24, 2.45) is 0 Å². The van der Waals surface area contributed by atoms with Crippen LogP contribution in [0, 0.1) is 12.3 Å². The van der Waals surface area contributed by atoms with Gasteiger partial charge < -0.3 is 9.47 Å². The summed E-state index contributed by atoms with van der Waals surface area (Å²) in [4.78, 5) is 25.3. The summed E-state index contributed by atoms with van der Waals surface area (Å²) in [5, 5.41) is -0.774. The molecule has 1 atom stereocenters. The number of carbonyl (C=O) groups excluding carboxylic acids is 2. The quantitative estimate of drug-likeness (QED) is 0.642. The third kappa shape index (κ3) is 4.05. The maximum atomic E-state index is 12.3. The van der Waals surface area contributed by atoms with E-state index >= 15 is 0 Å². The second kappa shape index (κ2) is 8.45. The first-order chi connectivity index (χ1) is 11.5. The van der Waals surface area contributed by atoms with Crippen LogP contribution >= 0.6 is 27.7 Å². The van der Waals surface area contributed by atoms with Gasteiger partial charge in [0.15, 0.2) is 11.5 Å². The van der Waals surface area contributed by atoms with E-state index in [4.69, 9.17) is 15.9 Å². The number of halogens is 1. The molecule has 0 aromatic heterocycles. The van der Waals surface area contributed by atoms with E-state index in [1.165, 1.54) is 0 Å². The van der Waals surface area contributed by atoms with E-state index in [0.29, 0.717) is 31.1 Å². The molecule has 1 aliphatic rings. The van der Waals surface area contributed by atoms with Crippen molar-refractivity contribution in [3.8, 4) is 23.8 Å². The van der Waals surface area contributed by atoms with Gasteiger partial charge in [-0.2, -0.15) is 0 Å². The minimum absolute atomic E-state index is 0.00973. The second-order valence-electron chi connectivity index (χ2n) is 4.96. The summed E-state index contributed by atoms with van der Waals surface area (Å²) in [6.07, 6.45) is 5.62. The van der Waals surface area contributed by atoms with Crippen molar-refractivity contribution < 1.29 is 19.1 Å². The summed E-state index contributed by atoms with van der Waals surface area (Å²) in [7, 11) is 0. The highest BCUT2D eigenvalue weighted by atomic mass is 79.9. The molecular formula is C17H18BrNO4S. The number of nitrogens with zero attached hydrogens (tertiary/aromatic N) is 1. The van der Waals surface area contributed by atoms with E-state index < -0.39 is 5.25 Å². The molecule has 1 fully saturated rings. The Morgan fingerprint density at radius 3 is 2.46 bits per heavy atom. The van der Waals surface area contributed by atoms with Crippen molar-refractivity contribution >= 4 is 38.8 Å². The number of amides is 2. The third-order valence-corrected chi connectivity index (χ3v) is 5.19. The SMILES string of the molecule is C#CCN1C(=O)S[C@H](Cc2cc(OCC)c(OCC)cc2Br)C1=O. The van der Waals surface area contributed by atoms with Gasteiger partial charge >= 0.3 is 0 Å². The Kier molecular flexibility index (Phi) is 6.58. The normalized spacial score (nSPS) is 17.1. The molecule has 0 N–H and O–H groups in total. The Balaban J connectivity index is 2.23. The summed E-state index contributed by atoms with van der Waals surface area (Å²) in [5.41, 5.74) is 0.878. The number of rotatable bonds is 7. The van der Waals surface area contributed by atoms with Crippen LogP contribution in [-0.2, 0) is 11.2 Å². The Morgan fingerprint density at radius 2 is 1.88 bits per heavy atom. The van der Waals surface area contributed by atoms with Crippen LogP contribution in [0.2, 0.25) is 0 Å². The van der Waals surface area contributed by atoms with Crippen LogP contribution in [0.3, 0.4) is 0 Å². The topological polar surface area (TPSA) is 55.8 Å². The molecule has 1 heterocycles. The molecule has 0 spiro atoms. The molecule has 24 heavy (non-hydrogen) atoms. The zero-order valence-corrected chi connectivity index (χ0v) is 15.9. The summed E-state index contributed by atoms with van der Waals surface area (Å²) in [5.74, 6) is 3.36. The lowest BCUT2D eigenvalue weighted by molar-refractivity contribution is -0.126. The smallest absolute Gasteiger partial charge is 0.289 e. The van der Waals surface area contributed by atoms with Gasteiger partial charge in [-0.05, 0) is 38.0 Å². The number of thioether (sulfide) groups is 1. The Hall–Kier alpha value is -1.65. The van der Waals surface area contributed by atoms with Gasteiger partial charge in [-0.1, -0.05) is 33.6 Å². The lowest BCUT2D eigenvalue weighted by atomic mass is 10.1. The first-order valence-corrected chi connectivity index (χ1v) is 9.22. The molecule has 7 heteroatoms. The average molecular weight is 412 g/mol. The lowest BCUT2D eigenvalue weighted by Gasteiger charge is -2.15. The zero-order valence-electron chi connectivity index (χ0n) is 13.5. The van der Waals surface area contributed by atoms with Crippen molar-refractivity contribution in [3.63, 3.8) is 0 Å². The zero-order chi connectivity index (χ0) is 17.7. The van der Waals surface area contributed by atoms with Crippen LogP contribution in [-0.4, -0.2) is 41.1 Å². The van der Waals surface area contributed by atoms with Crippen LogP contribution in [0.5, 0.6) is 11.5 Å². The Bertz CT molecular complexity index is 686. The molecule has 0 bridgehead atoms. The van der Waals surface area contributed by atoms with E-state index in [-0.39, 0.29) is 17.7 Å². The van der Waals surface area contributed by atoms with Crippen molar-refractivity contribution in [1.29, 1.82) is 0 Å². The first kappa shape index (κ1) is 18.7. The number of ether oxygens (including phenoxy) is 2. The highest BCUT2D eigenvalue weighted by molar-refractivity contribution is 9.10. The monoisotopic (exact) mass is 411 g/mol. The van der Waals surface area contributed by atoms with Crippen LogP contribution in [0.15, 0.2) is 16.6 Å². The number of terminal acetylenes is 1. The predicted molar refractivity (Wildman–Crippen MR) is 97.5 cm³/mol. The minimum atomic E-state index is -0.477. The number of benzene rings is 1. The molecule has 0 radical (unpaired) electrons. The first-order valence-electron chi connectivity index (χ1n) is 7.55. The van der Waals surface area contributed by atoms with Gasteiger partial charge in [0.05, 0.1) is 25.0 Å². The van der Waals surface area contributed by atoms with Gasteiger partial charge in [0.25, 0.3) is 5.24 Å². The minimum Gasteiger partial charge on any atom is -0.490 e. The average Bonchev–Trinajstić information content (AvgIpc) is 2.80. The summed E-state index contributed by atoms with van der Waals surface area (Å²) in [6, 6.07) is 3.68.